The average Bonchev–Trinajstić information content (AvgIpc) is 1.66. The van der Waals surface area contributed by atoms with Crippen LogP contribution in [-0.4, -0.2) is 226 Å². The number of nitrogens with two attached hydrogens (primary N) is 5. The molecule has 142 heavy (non-hydrogen) atoms. The molecule has 16 aromatic rings. The molecule has 0 aliphatic carbocycles. The number of alkyl halides is 3. The smallest absolute Gasteiger partial charge is 0.389 e. The van der Waals surface area contributed by atoms with Crippen LogP contribution >= 0.6 is 0 Å². The Balaban J connectivity index is 0.000000122. The Morgan fingerprint density at radius 1 is 0.401 bits per heavy atom. The Morgan fingerprint density at radius 3 is 1.15 bits per heavy atom. The second kappa shape index (κ2) is 47.7. The summed E-state index contributed by atoms with van der Waals surface area (Å²) in [5.41, 5.74) is 50.2. The van der Waals surface area contributed by atoms with E-state index in [0.717, 1.165) is 130 Å². The summed E-state index contributed by atoms with van der Waals surface area (Å²) in [5.74, 6) is 2.50. The molecular weight excluding hydrogens is 1810 g/mol. The fourth-order valence-corrected chi connectivity index (χ4v) is 18.3. The van der Waals surface area contributed by atoms with E-state index >= 15 is 0 Å². The van der Waals surface area contributed by atoms with Gasteiger partial charge < -0.3 is 53.1 Å². The number of H-pyrrole nitrogens is 1. The standard InChI is InChI=1S/C23H25N7O.C21H25F3N6O.C21H29N7.C21H28N6O.C17H20N6O/c24-21-22-26-14-20(12-17-5-7-18(8-6-17)15-29-10-1-2-11-29)30(22)28-23(27-21)31-16-19-4-3-9-25-13-19;22-21(23,24)8-3-11-31-20-27-18(25)19-26-13-17(30(19)28-20)12-15-4-6-16(7-5-15)14-29-9-1-2-10-29;1-2-3-10-23-21-25-19(22)20-24-14-18(28(20)26-21)13-16-6-8-17(9-7-16)15-27-11-4-5-12-27;1-3-4-11-28-21-24-19(22)20-23-13-18(27(20)25-21)12-15-5-7-16(8-6-15)17-9-10-26(2)14-17;18-15-16-19-10-14(23(16)21-17(24)20-15)9-12-3-5-13(6-4-12)11-22-7-1-2-8-22/h3-9,13-14H,1-2,10-12,15-16H2,(H2,24,27,28);4-7,13H,1-3,8-12,14H2,(H2,25,27,28);6-9,14H,2-5,10-13,15H2,1H3,(H3,22,23,25,26);5-8,13,17H,3-4,9-12,14H2,1-2H3,(H2,22,24,25);3-6,10H,1-2,7-9,11H2,(H3,18,20,21,24). The molecule has 5 aliphatic heterocycles. The molecule has 744 valence electrons. The number of nitrogens with zero attached hydrogens (tertiary/aromatic N) is 25. The highest BCUT2D eigenvalue weighted by Gasteiger charge is 2.28. The van der Waals surface area contributed by atoms with Crippen LogP contribution in [0.25, 0.3) is 28.2 Å². The molecule has 0 radical (unpaired) electrons. The number of likely N-dealkylation sites (N-methyl/N-ethyl adjacent to an activating group) is 1. The number of nitrogens with one attached hydrogen (secondary N) is 2. The number of benzene rings is 5. The number of fused-ring (bicyclic) bond motifs is 5. The number of halogens is 3. The number of rotatable bonds is 34. The lowest BCUT2D eigenvalue weighted by molar-refractivity contribution is -0.136. The minimum Gasteiger partial charge on any atom is -0.462 e. The molecule has 11 aromatic heterocycles. The number of aromatic amines is 1. The van der Waals surface area contributed by atoms with Gasteiger partial charge in [0.05, 0.1) is 72.7 Å². The van der Waals surface area contributed by atoms with Gasteiger partial charge >= 0.3 is 29.9 Å². The first-order chi connectivity index (χ1) is 69.2. The number of hydrogen-bond acceptors (Lipinski definition) is 30. The van der Waals surface area contributed by atoms with Crippen LogP contribution in [0.3, 0.4) is 0 Å². The molecule has 1 atom stereocenters. The van der Waals surface area contributed by atoms with Gasteiger partial charge in [0, 0.05) is 95.8 Å². The molecule has 0 spiro atoms. The van der Waals surface area contributed by atoms with Gasteiger partial charge in [-0.15, -0.1) is 20.4 Å². The van der Waals surface area contributed by atoms with Crippen LogP contribution in [0.4, 0.5) is 48.2 Å². The molecule has 0 saturated carbocycles. The third-order valence-electron chi connectivity index (χ3n) is 26.0. The van der Waals surface area contributed by atoms with Gasteiger partial charge in [0.25, 0.3) is 0 Å². The van der Waals surface area contributed by atoms with Gasteiger partial charge in [-0.05, 0) is 211 Å². The fraction of sp³-hybridized carbons (Fsp3) is 0.417. The molecule has 0 bridgehead atoms. The van der Waals surface area contributed by atoms with Crippen molar-refractivity contribution in [2.24, 2.45) is 0 Å². The molecule has 21 rings (SSSR count). The van der Waals surface area contributed by atoms with Crippen molar-refractivity contribution in [3.05, 3.63) is 277 Å². The van der Waals surface area contributed by atoms with Crippen molar-refractivity contribution in [1.29, 1.82) is 0 Å². The van der Waals surface area contributed by atoms with Crippen LogP contribution in [0.5, 0.6) is 18.0 Å². The van der Waals surface area contributed by atoms with Crippen molar-refractivity contribution in [3.63, 3.8) is 0 Å². The quantitative estimate of drug-likeness (QED) is 0.0184. The van der Waals surface area contributed by atoms with E-state index < -0.39 is 18.3 Å². The molecule has 12 N–H and O–H groups in total. The highest BCUT2D eigenvalue weighted by atomic mass is 19.4. The zero-order valence-electron chi connectivity index (χ0n) is 81.0. The number of likely N-dealkylation sites (tertiary alicyclic amines) is 5. The van der Waals surface area contributed by atoms with E-state index in [1.807, 2.05) is 29.0 Å². The summed E-state index contributed by atoms with van der Waals surface area (Å²) < 4.78 is 61.9. The normalized spacial score (nSPS) is 15.4. The van der Waals surface area contributed by atoms with Gasteiger partial charge in [0.15, 0.2) is 57.3 Å². The summed E-state index contributed by atoms with van der Waals surface area (Å²) in [7, 11) is 2.19. The number of unbranched alkanes of at least 4 members (excludes halogenated alkanes) is 2. The van der Waals surface area contributed by atoms with Gasteiger partial charge in [-0.2, -0.15) is 38.1 Å². The lowest BCUT2D eigenvalue weighted by atomic mass is 9.96. The van der Waals surface area contributed by atoms with E-state index in [9.17, 15) is 18.0 Å². The van der Waals surface area contributed by atoms with Crippen LogP contribution in [-0.2, 0) is 64.9 Å². The molecule has 39 heteroatoms. The van der Waals surface area contributed by atoms with Crippen molar-refractivity contribution in [2.75, 3.05) is 126 Å². The number of aromatic nitrogens is 21. The van der Waals surface area contributed by atoms with Gasteiger partial charge in [-0.3, -0.25) is 24.6 Å². The van der Waals surface area contributed by atoms with E-state index in [1.165, 1.54) is 154 Å². The number of imidazole rings is 5. The van der Waals surface area contributed by atoms with Crippen molar-refractivity contribution >= 4 is 63.3 Å². The van der Waals surface area contributed by atoms with Crippen LogP contribution < -0.4 is 53.9 Å². The summed E-state index contributed by atoms with van der Waals surface area (Å²) in [6.07, 6.45) is 26.3. The number of pyridine rings is 1. The molecule has 5 aliphatic rings. The summed E-state index contributed by atoms with van der Waals surface area (Å²) >= 11 is 0. The lowest BCUT2D eigenvalue weighted by Gasteiger charge is -2.14. The second-order valence-electron chi connectivity index (χ2n) is 37.2. The number of nitrogen functional groups attached to an aromatic ring is 5. The van der Waals surface area contributed by atoms with Crippen LogP contribution in [0.2, 0.25) is 0 Å². The maximum Gasteiger partial charge on any atom is 0.389 e. The van der Waals surface area contributed by atoms with Crippen molar-refractivity contribution < 1.29 is 27.4 Å². The lowest BCUT2D eigenvalue weighted by Crippen LogP contribution is -2.18. The van der Waals surface area contributed by atoms with Crippen molar-refractivity contribution in [1.82, 2.24) is 127 Å². The first kappa shape index (κ1) is 99.2. The Bertz CT molecular complexity index is 6810. The Kier molecular flexibility index (Phi) is 33.3. The molecule has 0 amide bonds. The predicted molar refractivity (Wildman–Crippen MR) is 541 cm³/mol. The van der Waals surface area contributed by atoms with E-state index in [1.54, 1.807) is 49.0 Å². The van der Waals surface area contributed by atoms with Crippen LogP contribution in [0.15, 0.2) is 182 Å². The summed E-state index contributed by atoms with van der Waals surface area (Å²) in [6, 6.07) is 47.9. The summed E-state index contributed by atoms with van der Waals surface area (Å²) in [5, 5.41) is 23.8. The van der Waals surface area contributed by atoms with Gasteiger partial charge in [-0.25, -0.2) is 57.4 Å². The number of ether oxygens (including phenoxy) is 3. The first-order valence-corrected chi connectivity index (χ1v) is 49.5. The van der Waals surface area contributed by atoms with Gasteiger partial charge in [-0.1, -0.05) is 154 Å². The molecular formula is C103H127F3N32O4. The number of hydrogen-bond donors (Lipinski definition) is 7. The Hall–Kier alpha value is -14.4. The molecule has 36 nitrogen and oxygen atoms in total. The number of anilines is 6. The minimum absolute atomic E-state index is 0.0626. The van der Waals surface area contributed by atoms with Crippen molar-refractivity contribution in [2.45, 2.75) is 187 Å². The molecule has 5 aromatic carbocycles. The topological polar surface area (TPSA) is 434 Å². The maximum atomic E-state index is 12.3. The van der Waals surface area contributed by atoms with E-state index in [2.05, 4.69) is 252 Å². The minimum atomic E-state index is -4.21. The molecule has 5 saturated heterocycles. The summed E-state index contributed by atoms with van der Waals surface area (Å²) in [4.78, 5) is 70.1. The third-order valence-corrected chi connectivity index (χ3v) is 26.0. The largest absolute Gasteiger partial charge is 0.462 e. The summed E-state index contributed by atoms with van der Waals surface area (Å²) in [6.45, 7) is 21.8. The van der Waals surface area contributed by atoms with E-state index in [-0.39, 0.29) is 36.7 Å². The SMILES string of the molecule is CCCCNc1nc(N)c2ncc(Cc3ccc(CN4CCCC4)cc3)n2n1.CCCCOc1nc(N)c2ncc(Cc3ccc(C4CCN(C)C4)cc3)n2n1.Nc1nc(=O)[nH]n2c(Cc3ccc(CN4CCCC4)cc3)cnc12.Nc1nc(OCCCC(F)(F)F)nn2c(Cc3ccc(CN4CCCC4)cc3)cnc12.Nc1nc(OCc2cccnc2)nn2c(Cc3ccc(CN4CCCC4)cc3)cnc12. The van der Waals surface area contributed by atoms with Crippen molar-refractivity contribution in [3.8, 4) is 18.0 Å². The second-order valence-corrected chi connectivity index (χ2v) is 37.2. The van der Waals surface area contributed by atoms with Crippen LogP contribution in [0.1, 0.15) is 206 Å². The highest BCUT2D eigenvalue weighted by Crippen LogP contribution is 2.31. The fourth-order valence-electron chi connectivity index (χ4n) is 18.3. The van der Waals surface area contributed by atoms with Gasteiger partial charge in [0.2, 0.25) is 5.95 Å². The average molecular weight is 1930 g/mol. The monoisotopic (exact) mass is 1930 g/mol. The Labute approximate surface area is 822 Å². The predicted octanol–water partition coefficient (Wildman–Crippen LogP) is 13.7. The molecule has 16 heterocycles. The zero-order valence-corrected chi connectivity index (χ0v) is 81.0. The Morgan fingerprint density at radius 2 is 0.761 bits per heavy atom. The maximum absolute atomic E-state index is 12.3. The highest BCUT2D eigenvalue weighted by molar-refractivity contribution is 5.64. The molecule has 5 fully saturated rings. The third kappa shape index (κ3) is 27.0. The molecule has 1 unspecified atom stereocenters. The van der Waals surface area contributed by atoms with Crippen LogP contribution in [0, 0.1) is 0 Å². The van der Waals surface area contributed by atoms with E-state index in [0.29, 0.717) is 96.0 Å². The van der Waals surface area contributed by atoms with E-state index in [4.69, 9.17) is 42.9 Å². The first-order valence-electron chi connectivity index (χ1n) is 49.5. The zero-order chi connectivity index (χ0) is 98.3. The van der Waals surface area contributed by atoms with Gasteiger partial charge in [0.1, 0.15) is 6.61 Å².